The summed E-state index contributed by atoms with van der Waals surface area (Å²) in [5.41, 5.74) is 3.60. The number of nitrogens with one attached hydrogen (secondary N) is 1. The second kappa shape index (κ2) is 5.29. The summed E-state index contributed by atoms with van der Waals surface area (Å²) in [5, 5.41) is 7.34. The van der Waals surface area contributed by atoms with E-state index in [1.165, 1.54) is 41.4 Å². The molecule has 2 heterocycles. The van der Waals surface area contributed by atoms with Crippen molar-refractivity contribution < 1.29 is 0 Å². The van der Waals surface area contributed by atoms with E-state index in [0.717, 1.165) is 11.4 Å². The zero-order chi connectivity index (χ0) is 13.2. The van der Waals surface area contributed by atoms with Crippen LogP contribution in [0.25, 0.3) is 0 Å². The van der Waals surface area contributed by atoms with Gasteiger partial charge in [-0.2, -0.15) is 5.10 Å². The highest BCUT2D eigenvalue weighted by molar-refractivity contribution is 7.99. The maximum absolute atomic E-state index is 4.28. The van der Waals surface area contributed by atoms with Crippen molar-refractivity contribution in [3.8, 4) is 0 Å². The molecule has 100 valence electrons. The van der Waals surface area contributed by atoms with Crippen molar-refractivity contribution >= 4 is 17.4 Å². The molecular formula is C15H19N3S. The van der Waals surface area contributed by atoms with Crippen molar-refractivity contribution in [2.45, 2.75) is 36.5 Å². The van der Waals surface area contributed by atoms with Gasteiger partial charge in [0.2, 0.25) is 0 Å². The van der Waals surface area contributed by atoms with Gasteiger partial charge in [-0.05, 0) is 38.8 Å². The lowest BCUT2D eigenvalue weighted by molar-refractivity contribution is 0.949. The highest BCUT2D eigenvalue weighted by atomic mass is 32.2. The normalized spacial score (nSPS) is 15.2. The van der Waals surface area contributed by atoms with E-state index in [1.54, 1.807) is 0 Å². The summed E-state index contributed by atoms with van der Waals surface area (Å²) in [7, 11) is 0. The number of benzene rings is 1. The predicted molar refractivity (Wildman–Crippen MR) is 80.1 cm³/mol. The Balaban J connectivity index is 1.92. The minimum Gasteiger partial charge on any atom is -0.371 e. The van der Waals surface area contributed by atoms with Gasteiger partial charge in [0.05, 0.1) is 16.3 Å². The Morgan fingerprint density at radius 1 is 1.16 bits per heavy atom. The van der Waals surface area contributed by atoms with E-state index in [9.17, 15) is 0 Å². The van der Waals surface area contributed by atoms with Crippen molar-refractivity contribution in [2.24, 2.45) is 0 Å². The zero-order valence-electron chi connectivity index (χ0n) is 11.4. The van der Waals surface area contributed by atoms with Gasteiger partial charge in [0, 0.05) is 23.7 Å². The number of anilines is 1. The Kier molecular flexibility index (Phi) is 3.51. The van der Waals surface area contributed by atoms with Crippen LogP contribution in [-0.2, 0) is 0 Å². The van der Waals surface area contributed by atoms with Crippen LogP contribution in [0.15, 0.2) is 34.1 Å². The Hall–Kier alpha value is -1.42. The number of aryl methyl sites for hydroxylation is 2. The summed E-state index contributed by atoms with van der Waals surface area (Å²) in [6.07, 6.45) is 2.62. The lowest BCUT2D eigenvalue weighted by Crippen LogP contribution is -2.18. The minimum atomic E-state index is 1.08. The van der Waals surface area contributed by atoms with Crippen LogP contribution in [0.5, 0.6) is 0 Å². The molecule has 4 heteroatoms. The SMILES string of the molecule is Cc1n[nH]c(C)c1Sc1ccccc1N1CCCC1. The summed E-state index contributed by atoms with van der Waals surface area (Å²) >= 11 is 1.83. The van der Waals surface area contributed by atoms with Crippen LogP contribution in [0.4, 0.5) is 5.69 Å². The molecule has 0 amide bonds. The second-order valence-corrected chi connectivity index (χ2v) is 6.08. The summed E-state index contributed by atoms with van der Waals surface area (Å²) in [5.74, 6) is 0. The third kappa shape index (κ3) is 2.50. The monoisotopic (exact) mass is 273 g/mol. The summed E-state index contributed by atoms with van der Waals surface area (Å²) < 4.78 is 0. The number of hydrogen-bond donors (Lipinski definition) is 1. The molecule has 0 bridgehead atoms. The van der Waals surface area contributed by atoms with Gasteiger partial charge < -0.3 is 4.90 Å². The quantitative estimate of drug-likeness (QED) is 0.923. The third-order valence-electron chi connectivity index (χ3n) is 3.58. The Labute approximate surface area is 118 Å². The average molecular weight is 273 g/mol. The molecular weight excluding hydrogens is 254 g/mol. The topological polar surface area (TPSA) is 31.9 Å². The van der Waals surface area contributed by atoms with E-state index in [1.807, 2.05) is 11.8 Å². The molecule has 0 spiro atoms. The van der Waals surface area contributed by atoms with E-state index in [0.29, 0.717) is 0 Å². The van der Waals surface area contributed by atoms with Crippen molar-refractivity contribution in [2.75, 3.05) is 18.0 Å². The maximum atomic E-state index is 4.28. The largest absolute Gasteiger partial charge is 0.371 e. The van der Waals surface area contributed by atoms with Crippen LogP contribution in [0.2, 0.25) is 0 Å². The Morgan fingerprint density at radius 2 is 1.89 bits per heavy atom. The van der Waals surface area contributed by atoms with Crippen LogP contribution in [0.1, 0.15) is 24.2 Å². The molecule has 3 nitrogen and oxygen atoms in total. The van der Waals surface area contributed by atoms with Crippen LogP contribution in [0, 0.1) is 13.8 Å². The summed E-state index contributed by atoms with van der Waals surface area (Å²) in [4.78, 5) is 5.08. The van der Waals surface area contributed by atoms with E-state index in [-0.39, 0.29) is 0 Å². The molecule has 1 aliphatic rings. The molecule has 1 fully saturated rings. The summed E-state index contributed by atoms with van der Waals surface area (Å²) in [6.45, 7) is 6.51. The molecule has 1 aromatic heterocycles. The molecule has 0 aliphatic carbocycles. The van der Waals surface area contributed by atoms with Crippen molar-refractivity contribution in [1.29, 1.82) is 0 Å². The molecule has 1 aromatic carbocycles. The number of hydrogen-bond acceptors (Lipinski definition) is 3. The first-order valence-electron chi connectivity index (χ1n) is 6.79. The van der Waals surface area contributed by atoms with Crippen molar-refractivity contribution in [1.82, 2.24) is 10.2 Å². The van der Waals surface area contributed by atoms with Crippen LogP contribution in [-0.4, -0.2) is 23.3 Å². The fourth-order valence-electron chi connectivity index (χ4n) is 2.56. The van der Waals surface area contributed by atoms with Crippen LogP contribution >= 0.6 is 11.8 Å². The molecule has 0 unspecified atom stereocenters. The van der Waals surface area contributed by atoms with Gasteiger partial charge in [-0.3, -0.25) is 5.10 Å². The van der Waals surface area contributed by atoms with Gasteiger partial charge >= 0.3 is 0 Å². The van der Waals surface area contributed by atoms with E-state index in [4.69, 9.17) is 0 Å². The first-order valence-corrected chi connectivity index (χ1v) is 7.61. The highest BCUT2D eigenvalue weighted by Gasteiger charge is 2.17. The fourth-order valence-corrected chi connectivity index (χ4v) is 3.62. The molecule has 1 saturated heterocycles. The first kappa shape index (κ1) is 12.6. The standard InChI is InChI=1S/C15H19N3S/c1-11-15(12(2)17-16-11)19-14-8-4-3-7-13(14)18-9-5-6-10-18/h3-4,7-8H,5-6,9-10H2,1-2H3,(H,16,17). The van der Waals surface area contributed by atoms with Gasteiger partial charge in [0.15, 0.2) is 0 Å². The number of para-hydroxylation sites is 1. The summed E-state index contributed by atoms with van der Waals surface area (Å²) in [6, 6.07) is 8.70. The fraction of sp³-hybridized carbons (Fsp3) is 0.400. The lowest BCUT2D eigenvalue weighted by atomic mass is 10.3. The van der Waals surface area contributed by atoms with Crippen LogP contribution in [0.3, 0.4) is 0 Å². The number of aromatic amines is 1. The highest BCUT2D eigenvalue weighted by Crippen LogP contribution is 2.38. The first-order chi connectivity index (χ1) is 9.25. The molecule has 3 rings (SSSR count). The smallest absolute Gasteiger partial charge is 0.0733 e. The maximum Gasteiger partial charge on any atom is 0.0733 e. The second-order valence-electron chi connectivity index (χ2n) is 5.03. The number of aromatic nitrogens is 2. The third-order valence-corrected chi connectivity index (χ3v) is 4.96. The number of nitrogens with zero attached hydrogens (tertiary/aromatic N) is 2. The van der Waals surface area contributed by atoms with E-state index in [2.05, 4.69) is 53.2 Å². The Bertz CT molecular complexity index is 551. The zero-order valence-corrected chi connectivity index (χ0v) is 12.3. The molecule has 0 atom stereocenters. The van der Waals surface area contributed by atoms with Gasteiger partial charge in [0.25, 0.3) is 0 Å². The van der Waals surface area contributed by atoms with Gasteiger partial charge in [-0.25, -0.2) is 0 Å². The molecule has 19 heavy (non-hydrogen) atoms. The minimum absolute atomic E-state index is 1.08. The average Bonchev–Trinajstić information content (AvgIpc) is 3.05. The van der Waals surface area contributed by atoms with E-state index >= 15 is 0 Å². The lowest BCUT2D eigenvalue weighted by Gasteiger charge is -2.20. The van der Waals surface area contributed by atoms with Gasteiger partial charge in [0.1, 0.15) is 0 Å². The molecule has 1 N–H and O–H groups in total. The van der Waals surface area contributed by atoms with Gasteiger partial charge in [-0.15, -0.1) is 0 Å². The molecule has 1 aliphatic heterocycles. The van der Waals surface area contributed by atoms with E-state index < -0.39 is 0 Å². The number of H-pyrrole nitrogens is 1. The number of rotatable bonds is 3. The van der Waals surface area contributed by atoms with Crippen molar-refractivity contribution in [3.63, 3.8) is 0 Å². The Morgan fingerprint density at radius 3 is 2.58 bits per heavy atom. The van der Waals surface area contributed by atoms with Gasteiger partial charge in [-0.1, -0.05) is 23.9 Å². The molecule has 2 aromatic rings. The molecule has 0 radical (unpaired) electrons. The van der Waals surface area contributed by atoms with Crippen LogP contribution < -0.4 is 4.90 Å². The molecule has 0 saturated carbocycles. The predicted octanol–water partition coefficient (Wildman–Crippen LogP) is 3.78. The van der Waals surface area contributed by atoms with Crippen molar-refractivity contribution in [3.05, 3.63) is 35.7 Å².